The zero-order valence-electron chi connectivity index (χ0n) is 11.6. The molecule has 0 aromatic rings. The van der Waals surface area contributed by atoms with Gasteiger partial charge in [0.2, 0.25) is 0 Å². The van der Waals surface area contributed by atoms with Crippen LogP contribution in [0.1, 0.15) is 26.7 Å². The molecule has 1 saturated carbocycles. The Morgan fingerprint density at radius 1 is 1.47 bits per heavy atom. The number of allylic oxidation sites excluding steroid dienone is 1. The predicted octanol–water partition coefficient (Wildman–Crippen LogP) is 3.72. The Hall–Kier alpha value is -0.593. The van der Waals surface area contributed by atoms with Gasteiger partial charge in [0, 0.05) is 0 Å². The van der Waals surface area contributed by atoms with E-state index < -0.39 is 8.32 Å². The summed E-state index contributed by atoms with van der Waals surface area (Å²) in [4.78, 5) is 0. The molecule has 0 N–H and O–H groups in total. The van der Waals surface area contributed by atoms with Crippen molar-refractivity contribution in [2.45, 2.75) is 52.4 Å². The van der Waals surface area contributed by atoms with Crippen LogP contribution in [0.4, 0.5) is 0 Å². The van der Waals surface area contributed by atoms with Crippen LogP contribution in [0.5, 0.6) is 0 Å². The molecule has 17 heavy (non-hydrogen) atoms. The second-order valence-corrected chi connectivity index (χ2v) is 11.4. The van der Waals surface area contributed by atoms with Crippen molar-refractivity contribution in [3.63, 3.8) is 0 Å². The summed E-state index contributed by atoms with van der Waals surface area (Å²) < 4.78 is 6.02. The Labute approximate surface area is 106 Å². The maximum atomic E-state index is 9.35. The first-order chi connectivity index (χ1) is 7.75. The second-order valence-electron chi connectivity index (χ2n) is 6.99. The maximum absolute atomic E-state index is 9.35. The molecule has 0 radical (unpaired) electrons. The fraction of sp³-hybridized carbons (Fsp3) is 0.786. The zero-order chi connectivity index (χ0) is 12.8. The highest BCUT2D eigenvalue weighted by Gasteiger charge is 2.52. The SMILES string of the molecule is CC1(C)[C@H]2CC=C(C(C#N)O[Si](C)(C)C)[C@@H]1C2. The van der Waals surface area contributed by atoms with E-state index in [2.05, 4.69) is 45.6 Å². The lowest BCUT2D eigenvalue weighted by Gasteiger charge is -2.57. The Morgan fingerprint density at radius 2 is 2.12 bits per heavy atom. The highest BCUT2D eigenvalue weighted by Crippen LogP contribution is 2.60. The lowest BCUT2D eigenvalue weighted by Crippen LogP contribution is -2.51. The Morgan fingerprint density at radius 3 is 2.53 bits per heavy atom. The van der Waals surface area contributed by atoms with Crippen molar-refractivity contribution in [3.05, 3.63) is 11.6 Å². The first-order valence-corrected chi connectivity index (χ1v) is 9.94. The van der Waals surface area contributed by atoms with Gasteiger partial charge in [0.1, 0.15) is 0 Å². The number of nitriles is 1. The first-order valence-electron chi connectivity index (χ1n) is 6.53. The molecule has 3 heteroatoms. The fourth-order valence-corrected chi connectivity index (χ4v) is 4.11. The predicted molar refractivity (Wildman–Crippen MR) is 71.9 cm³/mol. The lowest BCUT2D eigenvalue weighted by atomic mass is 9.48. The van der Waals surface area contributed by atoms with Crippen LogP contribution in [0.2, 0.25) is 19.6 Å². The molecule has 3 rings (SSSR count). The molecule has 0 aromatic heterocycles. The van der Waals surface area contributed by atoms with E-state index in [0.717, 1.165) is 12.3 Å². The summed E-state index contributed by atoms with van der Waals surface area (Å²) in [5, 5.41) is 9.35. The molecule has 94 valence electrons. The second kappa shape index (κ2) is 3.96. The van der Waals surface area contributed by atoms with Gasteiger partial charge >= 0.3 is 0 Å². The summed E-state index contributed by atoms with van der Waals surface area (Å²) in [5.74, 6) is 1.39. The number of rotatable bonds is 3. The molecular formula is C14H23NOSi. The molecule has 1 fully saturated rings. The number of hydrogen-bond donors (Lipinski definition) is 0. The van der Waals surface area contributed by atoms with Crippen molar-refractivity contribution in [1.29, 1.82) is 5.26 Å². The minimum Gasteiger partial charge on any atom is -0.399 e. The van der Waals surface area contributed by atoms with Gasteiger partial charge in [-0.3, -0.25) is 0 Å². The maximum Gasteiger partial charge on any atom is 0.185 e. The van der Waals surface area contributed by atoms with Gasteiger partial charge in [0.25, 0.3) is 0 Å². The van der Waals surface area contributed by atoms with Crippen LogP contribution in [0.15, 0.2) is 11.6 Å². The monoisotopic (exact) mass is 249 g/mol. The third-order valence-electron chi connectivity index (χ3n) is 4.40. The van der Waals surface area contributed by atoms with Gasteiger partial charge in [0.15, 0.2) is 14.4 Å². The summed E-state index contributed by atoms with van der Waals surface area (Å²) >= 11 is 0. The van der Waals surface area contributed by atoms with E-state index in [-0.39, 0.29) is 6.10 Å². The van der Waals surface area contributed by atoms with Crippen molar-refractivity contribution >= 4 is 8.32 Å². The van der Waals surface area contributed by atoms with Gasteiger partial charge in [-0.15, -0.1) is 0 Å². The smallest absolute Gasteiger partial charge is 0.185 e. The molecule has 2 bridgehead atoms. The summed E-state index contributed by atoms with van der Waals surface area (Å²) in [6, 6.07) is 2.37. The third-order valence-corrected chi connectivity index (χ3v) is 5.35. The van der Waals surface area contributed by atoms with E-state index in [1.807, 2.05) is 0 Å². The van der Waals surface area contributed by atoms with E-state index in [0.29, 0.717) is 11.3 Å². The number of hydrogen-bond acceptors (Lipinski definition) is 2. The molecule has 1 unspecified atom stereocenters. The molecule has 2 nitrogen and oxygen atoms in total. The van der Waals surface area contributed by atoms with Crippen molar-refractivity contribution < 1.29 is 4.43 Å². The quantitative estimate of drug-likeness (QED) is 0.564. The molecule has 0 amide bonds. The largest absolute Gasteiger partial charge is 0.399 e. The minimum atomic E-state index is -1.65. The average Bonchev–Trinajstić information content (AvgIpc) is 2.24. The van der Waals surface area contributed by atoms with Crippen molar-refractivity contribution in [2.75, 3.05) is 0 Å². The van der Waals surface area contributed by atoms with E-state index >= 15 is 0 Å². The van der Waals surface area contributed by atoms with Crippen LogP contribution in [-0.4, -0.2) is 14.4 Å². The third kappa shape index (κ3) is 2.21. The normalized spacial score (nSPS) is 32.1. The Bertz CT molecular complexity index is 386. The molecule has 0 aromatic carbocycles. The minimum absolute atomic E-state index is 0.299. The van der Waals surface area contributed by atoms with Gasteiger partial charge in [-0.1, -0.05) is 19.9 Å². The zero-order valence-corrected chi connectivity index (χ0v) is 12.6. The molecule has 0 aliphatic heterocycles. The number of fused-ring (bicyclic) bond motifs is 1. The van der Waals surface area contributed by atoms with E-state index in [9.17, 15) is 5.26 Å². The molecule has 0 saturated heterocycles. The van der Waals surface area contributed by atoms with Gasteiger partial charge in [-0.25, -0.2) is 0 Å². The standard InChI is InChI=1S/C14H23NOSi/c1-14(2)10-6-7-11(12(14)8-10)13(9-15)16-17(3,4)5/h7,10,12-13H,6,8H2,1-5H3/t10-,12-,13?/m0/s1. The van der Waals surface area contributed by atoms with Crippen molar-refractivity contribution in [1.82, 2.24) is 0 Å². The van der Waals surface area contributed by atoms with E-state index in [1.165, 1.54) is 12.0 Å². The molecule has 0 spiro atoms. The van der Waals surface area contributed by atoms with Crippen molar-refractivity contribution in [3.8, 4) is 6.07 Å². The summed E-state index contributed by atoms with van der Waals surface area (Å²) in [5.41, 5.74) is 1.64. The van der Waals surface area contributed by atoms with Crippen LogP contribution in [-0.2, 0) is 4.43 Å². The topological polar surface area (TPSA) is 33.0 Å². The molecular weight excluding hydrogens is 226 g/mol. The van der Waals surface area contributed by atoms with E-state index in [1.54, 1.807) is 0 Å². The van der Waals surface area contributed by atoms with Crippen molar-refractivity contribution in [2.24, 2.45) is 17.3 Å². The lowest BCUT2D eigenvalue weighted by molar-refractivity contribution is -0.0158. The number of nitrogens with zero attached hydrogens (tertiary/aromatic N) is 1. The van der Waals surface area contributed by atoms with Gasteiger partial charge in [-0.05, 0) is 55.3 Å². The van der Waals surface area contributed by atoms with Crippen LogP contribution in [0, 0.1) is 28.6 Å². The van der Waals surface area contributed by atoms with Crippen LogP contribution < -0.4 is 0 Å². The average molecular weight is 249 g/mol. The van der Waals surface area contributed by atoms with Gasteiger partial charge in [0.05, 0.1) is 6.07 Å². The van der Waals surface area contributed by atoms with Crippen LogP contribution >= 0.6 is 0 Å². The van der Waals surface area contributed by atoms with Gasteiger partial charge < -0.3 is 4.43 Å². The Kier molecular flexibility index (Phi) is 3.00. The molecule has 0 heterocycles. The molecule has 3 atom stereocenters. The van der Waals surface area contributed by atoms with Crippen LogP contribution in [0.25, 0.3) is 0 Å². The summed E-state index contributed by atoms with van der Waals surface area (Å²) in [6.45, 7) is 11.1. The van der Waals surface area contributed by atoms with Gasteiger partial charge in [-0.2, -0.15) is 5.26 Å². The highest BCUT2D eigenvalue weighted by atomic mass is 28.4. The molecule has 3 aliphatic rings. The van der Waals surface area contributed by atoms with E-state index in [4.69, 9.17) is 4.43 Å². The first kappa shape index (κ1) is 12.9. The highest BCUT2D eigenvalue weighted by molar-refractivity contribution is 6.69. The summed E-state index contributed by atoms with van der Waals surface area (Å²) in [6.07, 6.45) is 4.36. The molecule has 3 aliphatic carbocycles. The fourth-order valence-electron chi connectivity index (χ4n) is 3.21. The summed E-state index contributed by atoms with van der Waals surface area (Å²) in [7, 11) is -1.65. The Balaban J connectivity index is 2.17. The van der Waals surface area contributed by atoms with Crippen LogP contribution in [0.3, 0.4) is 0 Å².